The number of amides is 1. The lowest BCUT2D eigenvalue weighted by atomic mass is 9.87. The van der Waals surface area contributed by atoms with E-state index in [9.17, 15) is 4.79 Å². The van der Waals surface area contributed by atoms with Gasteiger partial charge in [-0.3, -0.25) is 14.7 Å². The molecule has 0 bridgehead atoms. The third kappa shape index (κ3) is 6.22. The fourth-order valence-corrected chi connectivity index (χ4v) is 3.83. The molecule has 0 aliphatic carbocycles. The average Bonchev–Trinajstić information content (AvgIpc) is 2.73. The molecule has 7 heteroatoms. The molecule has 1 atom stereocenters. The standard InChI is InChI=1S/C22H31N5O2/c1-16(2)12-20(28)26-21(19-6-4-5-9-23-19)18-7-10-27(11-8-18)15-17-13-24-22(29-3)25-14-17/h4-6,9,13-14,16,18,21H,7-8,10-12,15H2,1-3H3,(H,26,28)/t21-/m0/s1. The van der Waals surface area contributed by atoms with E-state index in [1.807, 2.05) is 30.6 Å². The molecular weight excluding hydrogens is 366 g/mol. The third-order valence-corrected chi connectivity index (χ3v) is 5.29. The first-order valence-corrected chi connectivity index (χ1v) is 10.3. The van der Waals surface area contributed by atoms with Crippen molar-refractivity contribution in [1.29, 1.82) is 0 Å². The van der Waals surface area contributed by atoms with Gasteiger partial charge in [0.05, 0.1) is 18.8 Å². The van der Waals surface area contributed by atoms with Crippen LogP contribution in [0.15, 0.2) is 36.8 Å². The van der Waals surface area contributed by atoms with Crippen molar-refractivity contribution in [3.05, 3.63) is 48.0 Å². The Morgan fingerprint density at radius 3 is 2.52 bits per heavy atom. The van der Waals surface area contributed by atoms with Crippen LogP contribution in [0, 0.1) is 11.8 Å². The average molecular weight is 398 g/mol. The van der Waals surface area contributed by atoms with Gasteiger partial charge < -0.3 is 10.1 Å². The van der Waals surface area contributed by atoms with Crippen molar-refractivity contribution in [2.75, 3.05) is 20.2 Å². The van der Waals surface area contributed by atoms with Gasteiger partial charge in [-0.1, -0.05) is 19.9 Å². The Balaban J connectivity index is 1.60. The van der Waals surface area contributed by atoms with E-state index >= 15 is 0 Å². The van der Waals surface area contributed by atoms with Crippen LogP contribution in [0.25, 0.3) is 0 Å². The number of pyridine rings is 1. The lowest BCUT2D eigenvalue weighted by Crippen LogP contribution is -2.41. The van der Waals surface area contributed by atoms with Crippen LogP contribution in [-0.2, 0) is 11.3 Å². The van der Waals surface area contributed by atoms with Gasteiger partial charge in [0.25, 0.3) is 0 Å². The van der Waals surface area contributed by atoms with Crippen LogP contribution in [-0.4, -0.2) is 46.0 Å². The highest BCUT2D eigenvalue weighted by atomic mass is 16.5. The van der Waals surface area contributed by atoms with Gasteiger partial charge in [-0.05, 0) is 49.9 Å². The van der Waals surface area contributed by atoms with Crippen molar-refractivity contribution in [2.45, 2.75) is 45.7 Å². The molecule has 1 N–H and O–H groups in total. The summed E-state index contributed by atoms with van der Waals surface area (Å²) in [5, 5.41) is 3.26. The first kappa shape index (κ1) is 21.2. The number of hydrogen-bond acceptors (Lipinski definition) is 6. The van der Waals surface area contributed by atoms with Gasteiger partial charge in [-0.25, -0.2) is 9.97 Å². The van der Waals surface area contributed by atoms with E-state index in [1.54, 1.807) is 13.3 Å². The van der Waals surface area contributed by atoms with Crippen molar-refractivity contribution in [3.63, 3.8) is 0 Å². The van der Waals surface area contributed by atoms with Gasteiger partial charge in [-0.2, -0.15) is 0 Å². The van der Waals surface area contributed by atoms with E-state index in [0.717, 1.165) is 43.7 Å². The zero-order valence-electron chi connectivity index (χ0n) is 17.5. The van der Waals surface area contributed by atoms with Crippen LogP contribution in [0.2, 0.25) is 0 Å². The molecule has 2 aromatic heterocycles. The smallest absolute Gasteiger partial charge is 0.316 e. The number of hydrogen-bond donors (Lipinski definition) is 1. The summed E-state index contributed by atoms with van der Waals surface area (Å²) in [4.78, 5) is 27.8. The van der Waals surface area contributed by atoms with E-state index in [2.05, 4.69) is 39.0 Å². The second kappa shape index (κ2) is 10.3. The number of aromatic nitrogens is 3. The summed E-state index contributed by atoms with van der Waals surface area (Å²) in [7, 11) is 1.57. The molecule has 1 saturated heterocycles. The van der Waals surface area contributed by atoms with Crippen molar-refractivity contribution >= 4 is 5.91 Å². The predicted octanol–water partition coefficient (Wildman–Crippen LogP) is 3.00. The van der Waals surface area contributed by atoms with Crippen molar-refractivity contribution in [1.82, 2.24) is 25.2 Å². The first-order valence-electron chi connectivity index (χ1n) is 10.3. The number of piperidine rings is 1. The van der Waals surface area contributed by atoms with Gasteiger partial charge in [0, 0.05) is 37.1 Å². The highest BCUT2D eigenvalue weighted by molar-refractivity contribution is 5.76. The molecule has 3 rings (SSSR count). The molecule has 0 spiro atoms. The minimum atomic E-state index is -0.0334. The molecule has 1 aliphatic rings. The predicted molar refractivity (Wildman–Crippen MR) is 111 cm³/mol. The summed E-state index contributed by atoms with van der Waals surface area (Å²) in [6.07, 6.45) is 8.01. The van der Waals surface area contributed by atoms with Crippen molar-refractivity contribution in [3.8, 4) is 6.01 Å². The quantitative estimate of drug-likeness (QED) is 0.738. The molecule has 156 valence electrons. The lowest BCUT2D eigenvalue weighted by molar-refractivity contribution is -0.123. The number of ether oxygens (including phenoxy) is 1. The molecule has 1 aliphatic heterocycles. The maximum Gasteiger partial charge on any atom is 0.316 e. The fourth-order valence-electron chi connectivity index (χ4n) is 3.83. The maximum atomic E-state index is 12.5. The second-order valence-corrected chi connectivity index (χ2v) is 8.09. The normalized spacial score (nSPS) is 16.6. The van der Waals surface area contributed by atoms with E-state index in [0.29, 0.717) is 24.3 Å². The number of likely N-dealkylation sites (tertiary alicyclic amines) is 1. The summed E-state index contributed by atoms with van der Waals surface area (Å²) in [5.74, 6) is 0.825. The first-order chi connectivity index (χ1) is 14.0. The van der Waals surface area contributed by atoms with E-state index in [4.69, 9.17) is 4.74 Å². The highest BCUT2D eigenvalue weighted by Crippen LogP contribution is 2.30. The van der Waals surface area contributed by atoms with Crippen LogP contribution in [0.5, 0.6) is 6.01 Å². The molecule has 0 unspecified atom stereocenters. The Hall–Kier alpha value is -2.54. The molecule has 1 fully saturated rings. The Kier molecular flexibility index (Phi) is 7.52. The number of methoxy groups -OCH3 is 1. The molecule has 7 nitrogen and oxygen atoms in total. The summed E-state index contributed by atoms with van der Waals surface area (Å²) in [6.45, 7) is 6.90. The van der Waals surface area contributed by atoms with Gasteiger partial charge in [0.2, 0.25) is 5.91 Å². The molecule has 0 aromatic carbocycles. The summed E-state index contributed by atoms with van der Waals surface area (Å²) < 4.78 is 5.02. The molecule has 0 radical (unpaired) electrons. The minimum absolute atomic E-state index is 0.0334. The summed E-state index contributed by atoms with van der Waals surface area (Å²) in [6, 6.07) is 6.27. The molecule has 2 aromatic rings. The monoisotopic (exact) mass is 397 g/mol. The van der Waals surface area contributed by atoms with Crippen molar-refractivity contribution < 1.29 is 9.53 Å². The van der Waals surface area contributed by atoms with Gasteiger partial charge in [0.1, 0.15) is 0 Å². The zero-order valence-corrected chi connectivity index (χ0v) is 17.5. The Bertz CT molecular complexity index is 759. The summed E-state index contributed by atoms with van der Waals surface area (Å²) >= 11 is 0. The van der Waals surface area contributed by atoms with Gasteiger partial charge in [0.15, 0.2) is 0 Å². The molecule has 1 amide bonds. The zero-order chi connectivity index (χ0) is 20.6. The van der Waals surface area contributed by atoms with E-state index < -0.39 is 0 Å². The number of nitrogens with zero attached hydrogens (tertiary/aromatic N) is 4. The fraction of sp³-hybridized carbons (Fsp3) is 0.545. The number of carbonyl (C=O) groups excluding carboxylic acids is 1. The third-order valence-electron chi connectivity index (χ3n) is 5.29. The van der Waals surface area contributed by atoms with Crippen LogP contribution >= 0.6 is 0 Å². The topological polar surface area (TPSA) is 80.2 Å². The van der Waals surface area contributed by atoms with Crippen LogP contribution in [0.1, 0.15) is 50.4 Å². The minimum Gasteiger partial charge on any atom is -0.467 e. The van der Waals surface area contributed by atoms with Crippen molar-refractivity contribution in [2.24, 2.45) is 11.8 Å². The van der Waals surface area contributed by atoms with Gasteiger partial charge >= 0.3 is 6.01 Å². The number of nitrogens with one attached hydrogen (secondary N) is 1. The van der Waals surface area contributed by atoms with Crippen LogP contribution in [0.4, 0.5) is 0 Å². The number of carbonyl (C=O) groups is 1. The van der Waals surface area contributed by atoms with E-state index in [1.165, 1.54) is 0 Å². The Morgan fingerprint density at radius 2 is 1.93 bits per heavy atom. The Labute approximate surface area is 172 Å². The molecular formula is C22H31N5O2. The Morgan fingerprint density at radius 1 is 1.21 bits per heavy atom. The molecule has 0 saturated carbocycles. The molecule has 3 heterocycles. The molecule has 29 heavy (non-hydrogen) atoms. The van der Waals surface area contributed by atoms with E-state index in [-0.39, 0.29) is 11.9 Å². The SMILES string of the molecule is COc1ncc(CN2CCC([C@H](NC(=O)CC(C)C)c3ccccn3)CC2)cn1. The second-order valence-electron chi connectivity index (χ2n) is 8.09. The van der Waals surface area contributed by atoms with Gasteiger partial charge in [-0.15, -0.1) is 0 Å². The van der Waals surface area contributed by atoms with Crippen LogP contribution in [0.3, 0.4) is 0 Å². The summed E-state index contributed by atoms with van der Waals surface area (Å²) in [5.41, 5.74) is 2.03. The number of rotatable bonds is 8. The highest BCUT2D eigenvalue weighted by Gasteiger charge is 2.29. The largest absolute Gasteiger partial charge is 0.467 e. The van der Waals surface area contributed by atoms with Crippen LogP contribution < -0.4 is 10.1 Å². The lowest BCUT2D eigenvalue weighted by Gasteiger charge is -2.36. The maximum absolute atomic E-state index is 12.5.